The first-order valence-corrected chi connectivity index (χ1v) is 13.8. The Kier molecular flexibility index (Phi) is 8.22. The van der Waals surface area contributed by atoms with E-state index >= 15 is 0 Å². The molecule has 4 N–H and O–H groups in total. The van der Waals surface area contributed by atoms with Gasteiger partial charge >= 0.3 is 0 Å². The molecule has 0 atom stereocenters. The van der Waals surface area contributed by atoms with Crippen LogP contribution in [0.1, 0.15) is 43.7 Å². The molecule has 1 aliphatic rings. The van der Waals surface area contributed by atoms with Gasteiger partial charge in [-0.2, -0.15) is 19.6 Å². The Morgan fingerprint density at radius 3 is 2.70 bits per heavy atom. The van der Waals surface area contributed by atoms with Crippen LogP contribution in [0, 0.1) is 0 Å². The molecule has 11 nitrogen and oxygen atoms in total. The van der Waals surface area contributed by atoms with Crippen molar-refractivity contribution in [3.63, 3.8) is 0 Å². The highest BCUT2D eigenvalue weighted by molar-refractivity contribution is 5.99. The lowest BCUT2D eigenvalue weighted by atomic mass is 10.1. The van der Waals surface area contributed by atoms with Crippen LogP contribution >= 0.6 is 0 Å². The van der Waals surface area contributed by atoms with E-state index in [0.717, 1.165) is 53.6 Å². The molecule has 0 saturated carbocycles. The molecule has 210 valence electrons. The van der Waals surface area contributed by atoms with Gasteiger partial charge in [0.1, 0.15) is 5.82 Å². The molecule has 1 fully saturated rings. The Hall–Kier alpha value is -4.09. The fourth-order valence-electron chi connectivity index (χ4n) is 4.78. The Balaban J connectivity index is 1.42. The van der Waals surface area contributed by atoms with Crippen LogP contribution < -0.4 is 21.3 Å². The molecule has 1 aromatic carbocycles. The summed E-state index contributed by atoms with van der Waals surface area (Å²) >= 11 is 0. The number of rotatable bonds is 9. The first-order valence-electron chi connectivity index (χ1n) is 13.8. The predicted molar refractivity (Wildman–Crippen MR) is 160 cm³/mol. The maximum Gasteiger partial charge on any atom is 0.249 e. The second kappa shape index (κ2) is 12.0. The molecule has 3 aromatic heterocycles. The SMILES string of the molecule is CC(C)c1cnn2c(NCc3cccc4ccc(NC(=O)/C=C/CN(C)C)nc34)nc(N3CCC(N)CC3)nc12. The Bertz CT molecular complexity index is 1520. The highest BCUT2D eigenvalue weighted by Crippen LogP contribution is 2.26. The first kappa shape index (κ1) is 27.5. The molecule has 0 bridgehead atoms. The summed E-state index contributed by atoms with van der Waals surface area (Å²) in [6.07, 6.45) is 7.06. The number of anilines is 3. The maximum absolute atomic E-state index is 12.4. The molecule has 0 unspecified atom stereocenters. The molecule has 0 aliphatic carbocycles. The largest absolute Gasteiger partial charge is 0.350 e. The molecule has 1 aliphatic heterocycles. The van der Waals surface area contributed by atoms with E-state index in [1.807, 2.05) is 61.6 Å². The van der Waals surface area contributed by atoms with Gasteiger partial charge in [0.2, 0.25) is 17.8 Å². The van der Waals surface area contributed by atoms with Crippen molar-refractivity contribution in [2.45, 2.75) is 45.2 Å². The van der Waals surface area contributed by atoms with Gasteiger partial charge in [0.25, 0.3) is 0 Å². The van der Waals surface area contributed by atoms with Gasteiger partial charge in [-0.3, -0.25) is 4.79 Å². The van der Waals surface area contributed by atoms with Crippen LogP contribution in [0.5, 0.6) is 0 Å². The van der Waals surface area contributed by atoms with Crippen LogP contribution in [-0.2, 0) is 11.3 Å². The third-order valence-electron chi connectivity index (χ3n) is 7.06. The summed E-state index contributed by atoms with van der Waals surface area (Å²) in [5, 5.41) is 12.0. The Morgan fingerprint density at radius 2 is 1.95 bits per heavy atom. The van der Waals surface area contributed by atoms with Crippen LogP contribution in [0.2, 0.25) is 0 Å². The molecular formula is C29H38N10O. The van der Waals surface area contributed by atoms with Crippen molar-refractivity contribution in [3.05, 3.63) is 59.8 Å². The summed E-state index contributed by atoms with van der Waals surface area (Å²) < 4.78 is 1.78. The number of fused-ring (bicyclic) bond motifs is 2. The van der Waals surface area contributed by atoms with Gasteiger partial charge in [0.15, 0.2) is 5.65 Å². The number of nitrogens with one attached hydrogen (secondary N) is 2. The number of para-hydroxylation sites is 1. The lowest BCUT2D eigenvalue weighted by Crippen LogP contribution is -2.40. The number of pyridine rings is 1. The normalized spacial score (nSPS) is 14.7. The van der Waals surface area contributed by atoms with Crippen LogP contribution in [0.4, 0.5) is 17.7 Å². The zero-order valence-corrected chi connectivity index (χ0v) is 23.6. The highest BCUT2D eigenvalue weighted by atomic mass is 16.1. The molecule has 5 rings (SSSR count). The van der Waals surface area contributed by atoms with Gasteiger partial charge in [-0.25, -0.2) is 4.98 Å². The summed E-state index contributed by atoms with van der Waals surface area (Å²) in [5.41, 5.74) is 9.81. The minimum absolute atomic E-state index is 0.210. The van der Waals surface area contributed by atoms with Crippen LogP contribution in [-0.4, -0.2) is 75.1 Å². The molecule has 40 heavy (non-hydrogen) atoms. The predicted octanol–water partition coefficient (Wildman–Crippen LogP) is 3.39. The van der Waals surface area contributed by atoms with Crippen molar-refractivity contribution in [2.24, 2.45) is 5.73 Å². The zero-order chi connectivity index (χ0) is 28.2. The minimum Gasteiger partial charge on any atom is -0.350 e. The number of hydrogen-bond acceptors (Lipinski definition) is 9. The quantitative estimate of drug-likeness (QED) is 0.273. The summed E-state index contributed by atoms with van der Waals surface area (Å²) in [7, 11) is 3.91. The van der Waals surface area contributed by atoms with E-state index in [-0.39, 0.29) is 17.9 Å². The molecule has 0 radical (unpaired) electrons. The number of aromatic nitrogens is 5. The topological polar surface area (TPSA) is 130 Å². The number of nitrogens with zero attached hydrogens (tertiary/aromatic N) is 7. The van der Waals surface area contributed by atoms with Gasteiger partial charge < -0.3 is 26.2 Å². The second-order valence-corrected chi connectivity index (χ2v) is 10.9. The smallest absolute Gasteiger partial charge is 0.249 e. The van der Waals surface area contributed by atoms with Crippen molar-refractivity contribution in [1.29, 1.82) is 0 Å². The van der Waals surface area contributed by atoms with E-state index < -0.39 is 0 Å². The van der Waals surface area contributed by atoms with E-state index in [0.29, 0.717) is 30.8 Å². The lowest BCUT2D eigenvalue weighted by Gasteiger charge is -2.30. The van der Waals surface area contributed by atoms with Gasteiger partial charge in [-0.05, 0) is 50.6 Å². The molecule has 4 heterocycles. The number of likely N-dealkylation sites (N-methyl/N-ethyl adjacent to an activating group) is 1. The van der Waals surface area contributed by atoms with E-state index in [1.54, 1.807) is 4.52 Å². The number of amides is 1. The average molecular weight is 543 g/mol. The number of carbonyl (C=O) groups is 1. The lowest BCUT2D eigenvalue weighted by molar-refractivity contribution is -0.111. The van der Waals surface area contributed by atoms with E-state index in [4.69, 9.17) is 20.7 Å². The summed E-state index contributed by atoms with van der Waals surface area (Å²) in [6, 6.07) is 10.1. The molecule has 11 heteroatoms. The maximum atomic E-state index is 12.4. The second-order valence-electron chi connectivity index (χ2n) is 10.9. The van der Waals surface area contributed by atoms with E-state index in [2.05, 4.69) is 34.5 Å². The number of piperidine rings is 1. The summed E-state index contributed by atoms with van der Waals surface area (Å²) in [6.45, 7) is 7.09. The van der Waals surface area contributed by atoms with Gasteiger partial charge in [-0.1, -0.05) is 38.1 Å². The van der Waals surface area contributed by atoms with Crippen LogP contribution in [0.15, 0.2) is 48.7 Å². The molecule has 4 aromatic rings. The number of benzene rings is 1. The number of nitrogens with two attached hydrogens (primary N) is 1. The minimum atomic E-state index is -0.210. The third-order valence-corrected chi connectivity index (χ3v) is 7.06. The highest BCUT2D eigenvalue weighted by Gasteiger charge is 2.22. The molecule has 0 spiro atoms. The number of hydrogen-bond donors (Lipinski definition) is 3. The van der Waals surface area contributed by atoms with Gasteiger partial charge in [-0.15, -0.1) is 0 Å². The van der Waals surface area contributed by atoms with E-state index in [9.17, 15) is 4.79 Å². The van der Waals surface area contributed by atoms with Crippen molar-refractivity contribution in [2.75, 3.05) is 49.3 Å². The fraction of sp³-hybridized carbons (Fsp3) is 0.414. The van der Waals surface area contributed by atoms with Gasteiger partial charge in [0.05, 0.1) is 11.7 Å². The Labute approximate surface area is 234 Å². The monoisotopic (exact) mass is 542 g/mol. The fourth-order valence-corrected chi connectivity index (χ4v) is 4.78. The van der Waals surface area contributed by atoms with Crippen molar-refractivity contribution in [3.8, 4) is 0 Å². The van der Waals surface area contributed by atoms with Crippen molar-refractivity contribution in [1.82, 2.24) is 29.5 Å². The van der Waals surface area contributed by atoms with Crippen molar-refractivity contribution >= 4 is 40.2 Å². The van der Waals surface area contributed by atoms with Crippen molar-refractivity contribution < 1.29 is 4.79 Å². The van der Waals surface area contributed by atoms with E-state index in [1.165, 1.54) is 6.08 Å². The molecule has 1 saturated heterocycles. The first-order chi connectivity index (χ1) is 19.3. The summed E-state index contributed by atoms with van der Waals surface area (Å²) in [5.74, 6) is 1.88. The van der Waals surface area contributed by atoms with Gasteiger partial charge in [0, 0.05) is 49.2 Å². The van der Waals surface area contributed by atoms with Crippen LogP contribution in [0.25, 0.3) is 16.6 Å². The Morgan fingerprint density at radius 1 is 1.15 bits per heavy atom. The zero-order valence-electron chi connectivity index (χ0n) is 23.6. The molecular weight excluding hydrogens is 504 g/mol. The number of carbonyl (C=O) groups excluding carboxylic acids is 1. The van der Waals surface area contributed by atoms with Crippen LogP contribution in [0.3, 0.4) is 0 Å². The molecule has 1 amide bonds. The summed E-state index contributed by atoms with van der Waals surface area (Å²) in [4.78, 5) is 31.1. The average Bonchev–Trinajstić information content (AvgIpc) is 3.36. The standard InChI is InChI=1S/C29H38N10O/c1-19(2)23-18-32-39-27(23)35-29(38-15-12-22(30)13-16-38)36-28(39)31-17-21-8-5-7-20-10-11-24(34-26(20)21)33-25(40)9-6-14-37(3)4/h5-11,18-19,22H,12-17,30H2,1-4H3,(H,31,35,36)(H,33,34,40)/b9-6+. The third kappa shape index (κ3) is 6.21.